The summed E-state index contributed by atoms with van der Waals surface area (Å²) in [5.74, 6) is 1.23. The molecule has 1 heterocycles. The Labute approximate surface area is 122 Å². The van der Waals surface area contributed by atoms with E-state index in [0.717, 1.165) is 4.47 Å². The highest BCUT2D eigenvalue weighted by Gasteiger charge is 2.12. The van der Waals surface area contributed by atoms with Crippen molar-refractivity contribution in [1.29, 1.82) is 0 Å². The van der Waals surface area contributed by atoms with Crippen LogP contribution in [0.2, 0.25) is 0 Å². The number of benzene rings is 1. The van der Waals surface area contributed by atoms with Gasteiger partial charge in [0.2, 0.25) is 0 Å². The lowest BCUT2D eigenvalue weighted by Crippen LogP contribution is -2.06. The molecule has 0 saturated carbocycles. The van der Waals surface area contributed by atoms with Crippen molar-refractivity contribution in [3.05, 3.63) is 40.8 Å². The Morgan fingerprint density at radius 3 is 2.75 bits per heavy atom. The molecular formula is C13H12BrF2NO3. The van der Waals surface area contributed by atoms with E-state index in [1.807, 2.05) is 0 Å². The predicted molar refractivity (Wildman–Crippen MR) is 73.4 cm³/mol. The van der Waals surface area contributed by atoms with E-state index < -0.39 is 6.61 Å². The highest BCUT2D eigenvalue weighted by molar-refractivity contribution is 9.10. The van der Waals surface area contributed by atoms with Crippen LogP contribution in [0.5, 0.6) is 11.5 Å². The molecule has 20 heavy (non-hydrogen) atoms. The normalized spacial score (nSPS) is 10.7. The molecule has 0 saturated heterocycles. The summed E-state index contributed by atoms with van der Waals surface area (Å²) in [5, 5.41) is 2.97. The number of hydrogen-bond donors (Lipinski definition) is 1. The number of methoxy groups -OCH3 is 1. The first-order chi connectivity index (χ1) is 9.60. The summed E-state index contributed by atoms with van der Waals surface area (Å²) in [5.41, 5.74) is 0.396. The van der Waals surface area contributed by atoms with Crippen molar-refractivity contribution in [2.75, 3.05) is 12.4 Å². The van der Waals surface area contributed by atoms with Crippen molar-refractivity contribution in [1.82, 2.24) is 0 Å². The molecule has 0 bridgehead atoms. The number of furan rings is 1. The maximum absolute atomic E-state index is 12.4. The Bertz CT molecular complexity index is 574. The number of rotatable bonds is 6. The van der Waals surface area contributed by atoms with Crippen molar-refractivity contribution < 1.29 is 22.7 Å². The maximum Gasteiger partial charge on any atom is 0.387 e. The molecule has 0 amide bonds. The Hall–Kier alpha value is -1.76. The van der Waals surface area contributed by atoms with E-state index in [4.69, 9.17) is 9.15 Å². The third-order valence-electron chi connectivity index (χ3n) is 2.53. The minimum absolute atomic E-state index is 0.0449. The lowest BCUT2D eigenvalue weighted by molar-refractivity contribution is -0.0494. The molecule has 0 unspecified atom stereocenters. The average Bonchev–Trinajstić information content (AvgIpc) is 2.82. The highest BCUT2D eigenvalue weighted by Crippen LogP contribution is 2.31. The summed E-state index contributed by atoms with van der Waals surface area (Å²) in [6, 6.07) is 6.30. The number of hydrogen-bond acceptors (Lipinski definition) is 4. The molecule has 1 N–H and O–H groups in total. The molecule has 0 fully saturated rings. The Kier molecular flexibility index (Phi) is 4.84. The Morgan fingerprint density at radius 1 is 1.35 bits per heavy atom. The third-order valence-corrected chi connectivity index (χ3v) is 3.24. The number of nitrogens with one attached hydrogen (secondary N) is 1. The van der Waals surface area contributed by atoms with Gasteiger partial charge in [-0.3, -0.25) is 0 Å². The standard InChI is InChI=1S/C13H12BrF2NO3/c1-18-8-2-3-11(20-13(15)16)10(6-8)17-7-12-9(14)4-5-19-12/h2-6,13,17H,7H2,1H3. The largest absolute Gasteiger partial charge is 0.497 e. The molecule has 0 spiro atoms. The lowest BCUT2D eigenvalue weighted by Gasteiger charge is -2.13. The van der Waals surface area contributed by atoms with Crippen molar-refractivity contribution in [2.24, 2.45) is 0 Å². The topological polar surface area (TPSA) is 43.6 Å². The monoisotopic (exact) mass is 347 g/mol. The predicted octanol–water partition coefficient (Wildman–Crippen LogP) is 4.26. The van der Waals surface area contributed by atoms with Gasteiger partial charge >= 0.3 is 6.61 Å². The van der Waals surface area contributed by atoms with Crippen LogP contribution in [-0.2, 0) is 6.54 Å². The maximum atomic E-state index is 12.4. The van der Waals surface area contributed by atoms with E-state index in [2.05, 4.69) is 26.0 Å². The fraction of sp³-hybridized carbons (Fsp3) is 0.231. The molecule has 0 aliphatic heterocycles. The molecular weight excluding hydrogens is 336 g/mol. The van der Waals surface area contributed by atoms with Crippen LogP contribution in [0.4, 0.5) is 14.5 Å². The average molecular weight is 348 g/mol. The first-order valence-corrected chi connectivity index (χ1v) is 6.48. The van der Waals surface area contributed by atoms with Crippen molar-refractivity contribution >= 4 is 21.6 Å². The summed E-state index contributed by atoms with van der Waals surface area (Å²) in [6.07, 6.45) is 1.53. The fourth-order valence-electron chi connectivity index (χ4n) is 1.60. The van der Waals surface area contributed by atoms with E-state index in [1.165, 1.54) is 19.4 Å². The fourth-order valence-corrected chi connectivity index (χ4v) is 1.94. The van der Waals surface area contributed by atoms with Crippen molar-refractivity contribution in [3.63, 3.8) is 0 Å². The van der Waals surface area contributed by atoms with Gasteiger partial charge in [0.15, 0.2) is 0 Å². The van der Waals surface area contributed by atoms with Gasteiger partial charge in [-0.25, -0.2) is 0 Å². The SMILES string of the molecule is COc1ccc(OC(F)F)c(NCc2occc2Br)c1. The van der Waals surface area contributed by atoms with Crippen molar-refractivity contribution in [2.45, 2.75) is 13.2 Å². The molecule has 108 valence electrons. The van der Waals surface area contributed by atoms with E-state index in [0.29, 0.717) is 23.7 Å². The minimum Gasteiger partial charge on any atom is -0.497 e. The van der Waals surface area contributed by atoms with E-state index in [9.17, 15) is 8.78 Å². The van der Waals surface area contributed by atoms with Crippen LogP contribution in [0.15, 0.2) is 39.4 Å². The number of alkyl halides is 2. The molecule has 0 aliphatic rings. The van der Waals surface area contributed by atoms with Gasteiger partial charge in [-0.1, -0.05) is 0 Å². The van der Waals surface area contributed by atoms with Gasteiger partial charge in [0.05, 0.1) is 30.1 Å². The zero-order valence-electron chi connectivity index (χ0n) is 10.5. The molecule has 7 heteroatoms. The number of anilines is 1. The molecule has 0 atom stereocenters. The third kappa shape index (κ3) is 3.63. The first-order valence-electron chi connectivity index (χ1n) is 5.68. The van der Waals surface area contributed by atoms with E-state index >= 15 is 0 Å². The van der Waals surface area contributed by atoms with Gasteiger partial charge in [-0.15, -0.1) is 0 Å². The van der Waals surface area contributed by atoms with Crippen LogP contribution in [-0.4, -0.2) is 13.7 Å². The quantitative estimate of drug-likeness (QED) is 0.847. The molecule has 0 radical (unpaired) electrons. The van der Waals surface area contributed by atoms with E-state index in [-0.39, 0.29) is 5.75 Å². The van der Waals surface area contributed by atoms with Crippen molar-refractivity contribution in [3.8, 4) is 11.5 Å². The van der Waals surface area contributed by atoms with Crippen LogP contribution < -0.4 is 14.8 Å². The van der Waals surface area contributed by atoms with Gasteiger partial charge in [0.1, 0.15) is 17.3 Å². The summed E-state index contributed by atoms with van der Waals surface area (Å²) in [4.78, 5) is 0. The summed E-state index contributed by atoms with van der Waals surface area (Å²) >= 11 is 3.32. The van der Waals surface area contributed by atoms with Gasteiger partial charge in [-0.2, -0.15) is 8.78 Å². The van der Waals surface area contributed by atoms with Crippen LogP contribution in [0.3, 0.4) is 0 Å². The minimum atomic E-state index is -2.89. The summed E-state index contributed by atoms with van der Waals surface area (Å²) in [6.45, 7) is -2.57. The molecule has 2 aromatic rings. The van der Waals surface area contributed by atoms with Gasteiger partial charge in [-0.05, 0) is 34.1 Å². The summed E-state index contributed by atoms with van der Waals surface area (Å²) < 4.78 is 40.2. The number of halogens is 3. The second-order valence-electron chi connectivity index (χ2n) is 3.79. The second kappa shape index (κ2) is 6.60. The Morgan fingerprint density at radius 2 is 2.15 bits per heavy atom. The van der Waals surface area contributed by atoms with Crippen LogP contribution in [0, 0.1) is 0 Å². The molecule has 4 nitrogen and oxygen atoms in total. The Balaban J connectivity index is 2.17. The van der Waals surface area contributed by atoms with E-state index in [1.54, 1.807) is 18.2 Å². The zero-order chi connectivity index (χ0) is 14.5. The molecule has 1 aromatic heterocycles. The molecule has 2 rings (SSSR count). The zero-order valence-corrected chi connectivity index (χ0v) is 12.1. The van der Waals surface area contributed by atoms with Crippen LogP contribution in [0.25, 0.3) is 0 Å². The first kappa shape index (κ1) is 14.6. The second-order valence-corrected chi connectivity index (χ2v) is 4.64. The summed E-state index contributed by atoms with van der Waals surface area (Å²) in [7, 11) is 1.50. The lowest BCUT2D eigenvalue weighted by atomic mass is 10.2. The van der Waals surface area contributed by atoms with Crippen LogP contribution >= 0.6 is 15.9 Å². The van der Waals surface area contributed by atoms with Crippen LogP contribution in [0.1, 0.15) is 5.76 Å². The number of ether oxygens (including phenoxy) is 2. The highest BCUT2D eigenvalue weighted by atomic mass is 79.9. The molecule has 1 aromatic carbocycles. The van der Waals surface area contributed by atoms with Gasteiger partial charge < -0.3 is 19.2 Å². The van der Waals surface area contributed by atoms with Gasteiger partial charge in [0.25, 0.3) is 0 Å². The molecule has 0 aliphatic carbocycles. The van der Waals surface area contributed by atoms with Gasteiger partial charge in [0, 0.05) is 6.07 Å². The smallest absolute Gasteiger partial charge is 0.387 e.